The lowest BCUT2D eigenvalue weighted by molar-refractivity contribution is 0.0643. The van der Waals surface area contributed by atoms with Gasteiger partial charge in [0, 0.05) is 18.0 Å². The third-order valence-electron chi connectivity index (χ3n) is 4.87. The molecule has 1 aromatic carbocycles. The zero-order valence-corrected chi connectivity index (χ0v) is 13.6. The van der Waals surface area contributed by atoms with E-state index < -0.39 is 0 Å². The summed E-state index contributed by atoms with van der Waals surface area (Å²) in [5.41, 5.74) is 1.24. The Kier molecular flexibility index (Phi) is 4.23. The van der Waals surface area contributed by atoms with Crippen molar-refractivity contribution in [2.24, 2.45) is 5.92 Å². The quantitative estimate of drug-likeness (QED) is 0.924. The average Bonchev–Trinajstić information content (AvgIpc) is 2.45. The molecular formula is C18H28N2O. The Labute approximate surface area is 128 Å². The fraction of sp³-hybridized carbons (Fsp3) is 0.667. The molecule has 0 saturated carbocycles. The summed E-state index contributed by atoms with van der Waals surface area (Å²) in [7, 11) is 2.22. The smallest absolute Gasteiger partial charge is 0.124 e. The Morgan fingerprint density at radius 1 is 1.24 bits per heavy atom. The molecule has 3 heteroatoms. The Balaban J connectivity index is 1.65. The first kappa shape index (κ1) is 14.9. The van der Waals surface area contributed by atoms with Crippen LogP contribution in [0.1, 0.15) is 44.7 Å². The predicted octanol–water partition coefficient (Wildman–Crippen LogP) is 3.22. The van der Waals surface area contributed by atoms with Crippen LogP contribution in [-0.2, 0) is 0 Å². The van der Waals surface area contributed by atoms with Gasteiger partial charge in [0.25, 0.3) is 0 Å². The molecule has 3 rings (SSSR count). The van der Waals surface area contributed by atoms with Gasteiger partial charge in [0.1, 0.15) is 11.4 Å². The number of piperidine rings is 1. The summed E-state index contributed by atoms with van der Waals surface area (Å²) < 4.78 is 6.11. The molecule has 1 unspecified atom stereocenters. The molecule has 2 heterocycles. The van der Waals surface area contributed by atoms with Gasteiger partial charge in [-0.15, -0.1) is 0 Å². The van der Waals surface area contributed by atoms with Gasteiger partial charge in [0.15, 0.2) is 0 Å². The van der Waals surface area contributed by atoms with E-state index in [2.05, 4.69) is 55.4 Å². The van der Waals surface area contributed by atoms with Gasteiger partial charge in [0.05, 0.1) is 0 Å². The first-order valence-corrected chi connectivity index (χ1v) is 8.23. The molecule has 1 N–H and O–H groups in total. The van der Waals surface area contributed by atoms with E-state index in [1.807, 2.05) is 0 Å². The molecule has 0 aliphatic carbocycles. The van der Waals surface area contributed by atoms with Gasteiger partial charge in [-0.2, -0.15) is 0 Å². The summed E-state index contributed by atoms with van der Waals surface area (Å²) in [6.07, 6.45) is 3.67. The maximum absolute atomic E-state index is 6.11. The van der Waals surface area contributed by atoms with E-state index in [1.165, 1.54) is 31.5 Å². The number of benzene rings is 1. The summed E-state index contributed by atoms with van der Waals surface area (Å²) >= 11 is 0. The van der Waals surface area contributed by atoms with E-state index >= 15 is 0 Å². The lowest BCUT2D eigenvalue weighted by Crippen LogP contribution is -2.42. The number of para-hydroxylation sites is 1. The van der Waals surface area contributed by atoms with Gasteiger partial charge >= 0.3 is 0 Å². The van der Waals surface area contributed by atoms with E-state index in [0.29, 0.717) is 6.04 Å². The van der Waals surface area contributed by atoms with Crippen LogP contribution >= 0.6 is 0 Å². The molecule has 2 aliphatic rings. The number of nitrogens with zero attached hydrogens (tertiary/aromatic N) is 1. The Morgan fingerprint density at radius 2 is 1.95 bits per heavy atom. The number of ether oxygens (including phenoxy) is 1. The van der Waals surface area contributed by atoms with Crippen LogP contribution < -0.4 is 10.1 Å². The molecule has 0 amide bonds. The highest BCUT2D eigenvalue weighted by Crippen LogP contribution is 2.39. The summed E-state index contributed by atoms with van der Waals surface area (Å²) in [5, 5.41) is 3.82. The number of rotatable bonds is 3. The van der Waals surface area contributed by atoms with Crippen LogP contribution in [0.2, 0.25) is 0 Å². The molecule has 0 aromatic heterocycles. The van der Waals surface area contributed by atoms with E-state index in [0.717, 1.165) is 24.6 Å². The van der Waals surface area contributed by atoms with E-state index in [4.69, 9.17) is 4.74 Å². The number of likely N-dealkylation sites (tertiary alicyclic amines) is 1. The van der Waals surface area contributed by atoms with Crippen LogP contribution in [0.3, 0.4) is 0 Å². The number of fused-ring (bicyclic) bond motifs is 1. The fourth-order valence-electron chi connectivity index (χ4n) is 3.56. The van der Waals surface area contributed by atoms with Crippen molar-refractivity contribution in [1.82, 2.24) is 10.2 Å². The van der Waals surface area contributed by atoms with Crippen molar-refractivity contribution in [2.75, 3.05) is 26.7 Å². The normalized spacial score (nSPS) is 26.1. The Hall–Kier alpha value is -1.06. The SMILES string of the molecule is CN1CCC(CNC2CC(C)(C)Oc3ccccc32)CC1. The van der Waals surface area contributed by atoms with E-state index in [1.54, 1.807) is 0 Å². The summed E-state index contributed by atoms with van der Waals surface area (Å²) in [6.45, 7) is 7.98. The molecule has 1 aromatic rings. The lowest BCUT2D eigenvalue weighted by Gasteiger charge is -2.39. The van der Waals surface area contributed by atoms with Crippen LogP contribution in [0.4, 0.5) is 0 Å². The maximum atomic E-state index is 6.11. The molecule has 1 saturated heterocycles. The second-order valence-corrected chi connectivity index (χ2v) is 7.31. The number of hydrogen-bond acceptors (Lipinski definition) is 3. The van der Waals surface area contributed by atoms with Crippen LogP contribution in [0.15, 0.2) is 24.3 Å². The van der Waals surface area contributed by atoms with Crippen molar-refractivity contribution >= 4 is 0 Å². The van der Waals surface area contributed by atoms with Crippen molar-refractivity contribution in [3.63, 3.8) is 0 Å². The second kappa shape index (κ2) is 5.98. The topological polar surface area (TPSA) is 24.5 Å². The van der Waals surface area contributed by atoms with Crippen molar-refractivity contribution in [3.05, 3.63) is 29.8 Å². The van der Waals surface area contributed by atoms with Gasteiger partial charge in [-0.05, 0) is 65.4 Å². The minimum absolute atomic E-state index is 0.0845. The van der Waals surface area contributed by atoms with E-state index in [9.17, 15) is 0 Å². The van der Waals surface area contributed by atoms with Crippen molar-refractivity contribution in [2.45, 2.75) is 44.8 Å². The minimum Gasteiger partial charge on any atom is -0.487 e. The average molecular weight is 288 g/mol. The summed E-state index contributed by atoms with van der Waals surface area (Å²) in [4.78, 5) is 2.43. The molecule has 0 radical (unpaired) electrons. The van der Waals surface area contributed by atoms with Gasteiger partial charge in [-0.1, -0.05) is 18.2 Å². The van der Waals surface area contributed by atoms with Crippen molar-refractivity contribution in [1.29, 1.82) is 0 Å². The largest absolute Gasteiger partial charge is 0.487 e. The number of hydrogen-bond donors (Lipinski definition) is 1. The maximum Gasteiger partial charge on any atom is 0.124 e. The Bertz CT molecular complexity index is 478. The zero-order valence-electron chi connectivity index (χ0n) is 13.6. The zero-order chi connectivity index (χ0) is 14.9. The molecule has 1 atom stereocenters. The molecule has 0 bridgehead atoms. The molecular weight excluding hydrogens is 260 g/mol. The standard InChI is InChI=1S/C18H28N2O/c1-18(2)12-16(15-6-4-5-7-17(15)21-18)19-13-14-8-10-20(3)11-9-14/h4-7,14,16,19H,8-13H2,1-3H3. The van der Waals surface area contributed by atoms with E-state index in [-0.39, 0.29) is 5.60 Å². The van der Waals surface area contributed by atoms with Gasteiger partial charge in [-0.3, -0.25) is 0 Å². The van der Waals surface area contributed by atoms with Crippen LogP contribution in [0.25, 0.3) is 0 Å². The number of nitrogens with one attached hydrogen (secondary N) is 1. The predicted molar refractivity (Wildman–Crippen MR) is 86.7 cm³/mol. The first-order valence-electron chi connectivity index (χ1n) is 8.23. The highest BCUT2D eigenvalue weighted by molar-refractivity contribution is 5.38. The molecule has 116 valence electrons. The van der Waals surface area contributed by atoms with Crippen molar-refractivity contribution < 1.29 is 4.74 Å². The molecule has 2 aliphatic heterocycles. The third-order valence-corrected chi connectivity index (χ3v) is 4.87. The van der Waals surface area contributed by atoms with Crippen LogP contribution in [0, 0.1) is 5.92 Å². The van der Waals surface area contributed by atoms with Gasteiger partial charge in [0.2, 0.25) is 0 Å². The molecule has 1 fully saturated rings. The molecule has 21 heavy (non-hydrogen) atoms. The highest BCUT2D eigenvalue weighted by atomic mass is 16.5. The van der Waals surface area contributed by atoms with Crippen LogP contribution in [0.5, 0.6) is 5.75 Å². The minimum atomic E-state index is -0.0845. The Morgan fingerprint density at radius 3 is 2.71 bits per heavy atom. The third kappa shape index (κ3) is 3.58. The highest BCUT2D eigenvalue weighted by Gasteiger charge is 2.33. The monoisotopic (exact) mass is 288 g/mol. The van der Waals surface area contributed by atoms with Crippen LogP contribution in [-0.4, -0.2) is 37.2 Å². The fourth-order valence-corrected chi connectivity index (χ4v) is 3.56. The lowest BCUT2D eigenvalue weighted by atomic mass is 9.89. The molecule has 3 nitrogen and oxygen atoms in total. The summed E-state index contributed by atoms with van der Waals surface area (Å²) in [5.74, 6) is 1.87. The first-order chi connectivity index (χ1) is 10.0. The second-order valence-electron chi connectivity index (χ2n) is 7.31. The molecule has 0 spiro atoms. The van der Waals surface area contributed by atoms with Gasteiger partial charge < -0.3 is 15.0 Å². The summed E-state index contributed by atoms with van der Waals surface area (Å²) in [6, 6.07) is 8.90. The van der Waals surface area contributed by atoms with Crippen molar-refractivity contribution in [3.8, 4) is 5.75 Å². The van der Waals surface area contributed by atoms with Gasteiger partial charge in [-0.25, -0.2) is 0 Å².